The number of carbonyl (C=O) groups excluding carboxylic acids is 2. The van der Waals surface area contributed by atoms with E-state index in [-0.39, 0.29) is 29.4 Å². The number of likely N-dealkylation sites (tertiary alicyclic amines) is 1. The molecule has 1 aromatic heterocycles. The molecule has 33 heavy (non-hydrogen) atoms. The van der Waals surface area contributed by atoms with Crippen LogP contribution in [0.1, 0.15) is 37.1 Å². The molecule has 3 aromatic rings. The number of hydrogen-bond donors (Lipinski definition) is 1. The summed E-state index contributed by atoms with van der Waals surface area (Å²) in [4.78, 5) is 26.9. The van der Waals surface area contributed by atoms with Crippen molar-refractivity contribution >= 4 is 29.3 Å². The van der Waals surface area contributed by atoms with Gasteiger partial charge >= 0.3 is 0 Å². The van der Waals surface area contributed by atoms with Crippen LogP contribution < -0.4 is 5.32 Å². The number of carbonyl (C=O) groups is 2. The summed E-state index contributed by atoms with van der Waals surface area (Å²) in [5, 5.41) is 11.6. The smallest absolute Gasteiger partial charge is 0.277 e. The second kappa shape index (κ2) is 11.1. The van der Waals surface area contributed by atoms with Gasteiger partial charge in [0.05, 0.1) is 5.75 Å². The lowest BCUT2D eigenvalue weighted by Gasteiger charge is -2.31. The van der Waals surface area contributed by atoms with Gasteiger partial charge < -0.3 is 14.6 Å². The maximum absolute atomic E-state index is 12.6. The van der Waals surface area contributed by atoms with E-state index in [0.717, 1.165) is 5.69 Å². The molecule has 0 unspecified atom stereocenters. The largest absolute Gasteiger partial charge is 0.416 e. The highest BCUT2D eigenvalue weighted by atomic mass is 32.2. The number of benzene rings is 2. The summed E-state index contributed by atoms with van der Waals surface area (Å²) in [6.07, 6.45) is 1.98. The van der Waals surface area contributed by atoms with Gasteiger partial charge in [-0.25, -0.2) is 0 Å². The monoisotopic (exact) mass is 464 g/mol. The van der Waals surface area contributed by atoms with E-state index in [1.807, 2.05) is 53.4 Å². The van der Waals surface area contributed by atoms with E-state index in [2.05, 4.69) is 34.6 Å². The minimum atomic E-state index is -0.0768. The van der Waals surface area contributed by atoms with Crippen molar-refractivity contribution in [2.75, 3.05) is 24.2 Å². The molecular formula is C25H28N4O3S. The van der Waals surface area contributed by atoms with E-state index < -0.39 is 0 Å². The van der Waals surface area contributed by atoms with Crippen LogP contribution in [0.4, 0.5) is 5.69 Å². The van der Waals surface area contributed by atoms with Crippen molar-refractivity contribution in [2.24, 2.45) is 5.92 Å². The number of thioether (sulfide) groups is 1. The highest BCUT2D eigenvalue weighted by Crippen LogP contribution is 2.24. The molecule has 1 N–H and O–H groups in total. The van der Waals surface area contributed by atoms with Gasteiger partial charge in [0, 0.05) is 31.1 Å². The average molecular weight is 465 g/mol. The van der Waals surface area contributed by atoms with Crippen molar-refractivity contribution in [2.45, 2.75) is 37.3 Å². The first-order valence-electron chi connectivity index (χ1n) is 11.2. The molecular weight excluding hydrogens is 436 g/mol. The fourth-order valence-corrected chi connectivity index (χ4v) is 4.60. The maximum Gasteiger partial charge on any atom is 0.277 e. The van der Waals surface area contributed by atoms with Crippen molar-refractivity contribution in [3.63, 3.8) is 0 Å². The van der Waals surface area contributed by atoms with E-state index in [1.165, 1.54) is 17.3 Å². The van der Waals surface area contributed by atoms with Crippen LogP contribution in [-0.2, 0) is 16.0 Å². The normalized spacial score (nSPS) is 15.2. The van der Waals surface area contributed by atoms with Crippen LogP contribution in [-0.4, -0.2) is 45.8 Å². The van der Waals surface area contributed by atoms with Gasteiger partial charge in [0.25, 0.3) is 5.22 Å². The Hall–Kier alpha value is -3.13. The van der Waals surface area contributed by atoms with Gasteiger partial charge in [-0.2, -0.15) is 0 Å². The van der Waals surface area contributed by atoms with Crippen molar-refractivity contribution in [1.82, 2.24) is 15.1 Å². The summed E-state index contributed by atoms with van der Waals surface area (Å²) in [5.41, 5.74) is 2.02. The van der Waals surface area contributed by atoms with Gasteiger partial charge in [0.1, 0.15) is 0 Å². The molecule has 2 aromatic carbocycles. The molecule has 1 fully saturated rings. The van der Waals surface area contributed by atoms with Crippen LogP contribution in [0.3, 0.4) is 0 Å². The van der Waals surface area contributed by atoms with E-state index in [1.54, 1.807) is 0 Å². The van der Waals surface area contributed by atoms with Crippen LogP contribution in [0.25, 0.3) is 0 Å². The van der Waals surface area contributed by atoms with Gasteiger partial charge in [0.2, 0.25) is 17.7 Å². The maximum atomic E-state index is 12.6. The summed E-state index contributed by atoms with van der Waals surface area (Å²) in [7, 11) is 0. The number of hydrogen-bond acceptors (Lipinski definition) is 6. The molecule has 172 valence electrons. The van der Waals surface area contributed by atoms with Gasteiger partial charge in [-0.1, -0.05) is 67.2 Å². The predicted molar refractivity (Wildman–Crippen MR) is 128 cm³/mol. The molecule has 1 atom stereocenters. The summed E-state index contributed by atoms with van der Waals surface area (Å²) in [6.45, 7) is 3.28. The van der Waals surface area contributed by atoms with Crippen LogP contribution >= 0.6 is 11.8 Å². The van der Waals surface area contributed by atoms with Gasteiger partial charge in [0.15, 0.2) is 0 Å². The summed E-state index contributed by atoms with van der Waals surface area (Å²) >= 11 is 1.26. The van der Waals surface area contributed by atoms with Crippen molar-refractivity contribution in [3.8, 4) is 0 Å². The molecule has 4 rings (SSSR count). The Morgan fingerprint density at radius 3 is 2.42 bits per heavy atom. The highest BCUT2D eigenvalue weighted by molar-refractivity contribution is 7.99. The quantitative estimate of drug-likeness (QED) is 0.498. The Labute approximate surface area is 198 Å². The molecule has 7 nitrogen and oxygen atoms in total. The lowest BCUT2D eigenvalue weighted by atomic mass is 9.96. The first-order valence-corrected chi connectivity index (χ1v) is 12.2. The molecule has 8 heteroatoms. The first-order chi connectivity index (χ1) is 16.1. The number of nitrogens with zero attached hydrogens (tertiary/aromatic N) is 3. The lowest BCUT2D eigenvalue weighted by molar-refractivity contribution is -0.132. The van der Waals surface area contributed by atoms with Crippen LogP contribution in [0.5, 0.6) is 0 Å². The van der Waals surface area contributed by atoms with Crippen molar-refractivity contribution in [3.05, 3.63) is 72.1 Å². The minimum Gasteiger partial charge on any atom is -0.416 e. The number of rotatable bonds is 8. The molecule has 0 aliphatic carbocycles. The van der Waals surface area contributed by atoms with Crippen molar-refractivity contribution in [1.29, 1.82) is 0 Å². The molecule has 0 saturated carbocycles. The van der Waals surface area contributed by atoms with E-state index >= 15 is 0 Å². The molecule has 0 bridgehead atoms. The SMILES string of the molecule is C[C@@H](Cc1nnc(SCC(=O)N2CCC(C(=O)Nc3ccccc3)CC2)o1)c1ccccc1. The number of nitrogens with one attached hydrogen (secondary N) is 1. The van der Waals surface area contributed by atoms with Crippen molar-refractivity contribution < 1.29 is 14.0 Å². The van der Waals surface area contributed by atoms with Crippen LogP contribution in [0.2, 0.25) is 0 Å². The third-order valence-electron chi connectivity index (χ3n) is 5.88. The fourth-order valence-electron chi connectivity index (χ4n) is 3.91. The zero-order valence-corrected chi connectivity index (χ0v) is 19.5. The second-order valence-corrected chi connectivity index (χ2v) is 9.20. The molecule has 0 spiro atoms. The fraction of sp³-hybridized carbons (Fsp3) is 0.360. The zero-order chi connectivity index (χ0) is 23.0. The molecule has 2 heterocycles. The number of amides is 2. The minimum absolute atomic E-state index is 0.0193. The number of piperidine rings is 1. The molecule has 1 aliphatic heterocycles. The van der Waals surface area contributed by atoms with E-state index in [4.69, 9.17) is 4.42 Å². The highest BCUT2D eigenvalue weighted by Gasteiger charge is 2.27. The molecule has 0 radical (unpaired) electrons. The Kier molecular flexibility index (Phi) is 7.78. The van der Waals surface area contributed by atoms with Gasteiger partial charge in [-0.3, -0.25) is 9.59 Å². The third-order valence-corrected chi connectivity index (χ3v) is 6.68. The standard InChI is InChI=1S/C25H28N4O3S/c1-18(19-8-4-2-5-9-19)16-22-27-28-25(32-22)33-17-23(30)29-14-12-20(13-15-29)24(31)26-21-10-6-3-7-11-21/h2-11,18,20H,12-17H2,1H3,(H,26,31)/t18-/m0/s1. The zero-order valence-electron chi connectivity index (χ0n) is 18.6. The number of aromatic nitrogens is 2. The Bertz CT molecular complexity index is 1050. The van der Waals surface area contributed by atoms with Gasteiger partial charge in [-0.15, -0.1) is 10.2 Å². The summed E-state index contributed by atoms with van der Waals surface area (Å²) in [6, 6.07) is 19.7. The average Bonchev–Trinajstić information content (AvgIpc) is 3.31. The Balaban J connectivity index is 1.20. The topological polar surface area (TPSA) is 88.3 Å². The van der Waals surface area contributed by atoms with Crippen LogP contribution in [0.15, 0.2) is 70.3 Å². The second-order valence-electron chi connectivity index (χ2n) is 8.28. The molecule has 2 amide bonds. The molecule has 1 aliphatic rings. The lowest BCUT2D eigenvalue weighted by Crippen LogP contribution is -2.42. The number of anilines is 1. The number of para-hydroxylation sites is 1. The third kappa shape index (κ3) is 6.44. The van der Waals surface area contributed by atoms with Gasteiger partial charge in [-0.05, 0) is 36.5 Å². The van der Waals surface area contributed by atoms with E-state index in [0.29, 0.717) is 43.5 Å². The Morgan fingerprint density at radius 1 is 1.06 bits per heavy atom. The predicted octanol–water partition coefficient (Wildman–Crippen LogP) is 4.39. The summed E-state index contributed by atoms with van der Waals surface area (Å²) in [5.74, 6) is 1.06. The molecule has 1 saturated heterocycles. The Morgan fingerprint density at radius 2 is 1.73 bits per heavy atom. The van der Waals surface area contributed by atoms with E-state index in [9.17, 15) is 9.59 Å². The van der Waals surface area contributed by atoms with Crippen LogP contribution in [0, 0.1) is 5.92 Å². The first kappa shape index (κ1) is 23.0. The summed E-state index contributed by atoms with van der Waals surface area (Å²) < 4.78 is 5.74.